The van der Waals surface area contributed by atoms with Gasteiger partial charge < -0.3 is 9.73 Å². The maximum absolute atomic E-state index is 12.5. The molecule has 1 aliphatic heterocycles. The van der Waals surface area contributed by atoms with Crippen LogP contribution < -0.4 is 5.32 Å². The summed E-state index contributed by atoms with van der Waals surface area (Å²) in [7, 11) is 0. The average Bonchev–Trinajstić information content (AvgIpc) is 3.07. The minimum Gasteiger partial charge on any atom is -0.424 e. The van der Waals surface area contributed by atoms with Gasteiger partial charge in [0.25, 0.3) is 0 Å². The first-order valence-electron chi connectivity index (χ1n) is 7.31. The number of halogens is 2. The Labute approximate surface area is 143 Å². The van der Waals surface area contributed by atoms with Gasteiger partial charge in [-0.2, -0.15) is 0 Å². The molecule has 1 unspecified atom stereocenters. The number of rotatable bonds is 4. The third-order valence-corrected chi connectivity index (χ3v) is 4.14. The summed E-state index contributed by atoms with van der Waals surface area (Å²) in [4.78, 5) is 14.6. The number of hydrogen-bond donors (Lipinski definition) is 1. The molecule has 2 heterocycles. The Hall–Kier alpha value is -1.63. The molecule has 0 bridgehead atoms. The van der Waals surface area contributed by atoms with E-state index in [1.807, 2.05) is 4.90 Å². The second kappa shape index (κ2) is 6.86. The fourth-order valence-electron chi connectivity index (χ4n) is 2.74. The Bertz CT molecular complexity index is 699. The Morgan fingerprint density at radius 1 is 1.35 bits per heavy atom. The molecule has 3 rings (SSSR count). The van der Waals surface area contributed by atoms with Crippen molar-refractivity contribution in [3.05, 3.63) is 40.0 Å². The van der Waals surface area contributed by atoms with Gasteiger partial charge in [-0.25, -0.2) is 0 Å². The van der Waals surface area contributed by atoms with E-state index in [1.165, 1.54) is 0 Å². The van der Waals surface area contributed by atoms with Gasteiger partial charge in [-0.3, -0.25) is 9.69 Å². The van der Waals surface area contributed by atoms with E-state index >= 15 is 0 Å². The van der Waals surface area contributed by atoms with Gasteiger partial charge in [0.1, 0.15) is 0 Å². The zero-order chi connectivity index (χ0) is 16.4. The molecule has 6 nitrogen and oxygen atoms in total. The summed E-state index contributed by atoms with van der Waals surface area (Å²) in [6.45, 7) is 3.03. The number of carbonyl (C=O) groups is 1. The van der Waals surface area contributed by atoms with Crippen molar-refractivity contribution in [3.8, 4) is 0 Å². The topological polar surface area (TPSA) is 71.3 Å². The minimum atomic E-state index is -0.236. The zero-order valence-electron chi connectivity index (χ0n) is 12.6. The summed E-state index contributed by atoms with van der Waals surface area (Å²) in [5.74, 6) is 0.957. The van der Waals surface area contributed by atoms with Crippen LogP contribution in [0.1, 0.15) is 24.6 Å². The first-order valence-corrected chi connectivity index (χ1v) is 8.07. The van der Waals surface area contributed by atoms with Crippen LogP contribution in [0, 0.1) is 6.92 Å². The van der Waals surface area contributed by atoms with Crippen molar-refractivity contribution in [2.24, 2.45) is 0 Å². The Balaban J connectivity index is 1.67. The highest BCUT2D eigenvalue weighted by Gasteiger charge is 2.31. The molecule has 1 N–H and O–H groups in total. The number of aromatic nitrogens is 2. The number of benzene rings is 1. The molecule has 8 heteroatoms. The van der Waals surface area contributed by atoms with Gasteiger partial charge in [-0.1, -0.05) is 23.2 Å². The van der Waals surface area contributed by atoms with E-state index in [-0.39, 0.29) is 11.9 Å². The molecule has 2 aromatic rings. The number of likely N-dealkylation sites (tertiary alicyclic amines) is 1. The number of amides is 1. The van der Waals surface area contributed by atoms with Gasteiger partial charge >= 0.3 is 0 Å². The number of nitrogens with one attached hydrogen (secondary N) is 1. The van der Waals surface area contributed by atoms with Crippen molar-refractivity contribution in [2.45, 2.75) is 32.4 Å². The third kappa shape index (κ3) is 4.02. The second-order valence-corrected chi connectivity index (χ2v) is 6.36. The molecule has 1 saturated heterocycles. The maximum atomic E-state index is 12.5. The largest absolute Gasteiger partial charge is 0.424 e. The zero-order valence-corrected chi connectivity index (χ0v) is 14.1. The molecule has 0 aliphatic carbocycles. The van der Waals surface area contributed by atoms with Gasteiger partial charge in [-0.05, 0) is 37.6 Å². The van der Waals surface area contributed by atoms with Crippen LogP contribution in [0.3, 0.4) is 0 Å². The molecule has 1 aromatic heterocycles. The fourth-order valence-corrected chi connectivity index (χ4v) is 3.27. The Kier molecular flexibility index (Phi) is 4.84. The molecule has 0 radical (unpaired) electrons. The Morgan fingerprint density at radius 2 is 2.09 bits per heavy atom. The van der Waals surface area contributed by atoms with E-state index < -0.39 is 0 Å². The van der Waals surface area contributed by atoms with Crippen molar-refractivity contribution in [2.75, 3.05) is 11.9 Å². The SMILES string of the molecule is Cc1nnc(CN2CCCC2C(=O)Nc2cc(Cl)cc(Cl)c2)o1. The van der Waals surface area contributed by atoms with E-state index in [9.17, 15) is 4.79 Å². The van der Waals surface area contributed by atoms with Crippen molar-refractivity contribution in [1.82, 2.24) is 15.1 Å². The molecular weight excluding hydrogens is 339 g/mol. The number of anilines is 1. The molecule has 122 valence electrons. The van der Waals surface area contributed by atoms with Crippen LogP contribution in [0.4, 0.5) is 5.69 Å². The van der Waals surface area contributed by atoms with Crippen LogP contribution in [0.15, 0.2) is 22.6 Å². The van der Waals surface area contributed by atoms with Crippen LogP contribution in [0.2, 0.25) is 10.0 Å². The van der Waals surface area contributed by atoms with Gasteiger partial charge in [0.05, 0.1) is 12.6 Å². The average molecular weight is 355 g/mol. The van der Waals surface area contributed by atoms with Crippen LogP contribution in [-0.2, 0) is 11.3 Å². The highest BCUT2D eigenvalue weighted by molar-refractivity contribution is 6.35. The third-order valence-electron chi connectivity index (χ3n) is 3.70. The molecule has 1 aliphatic rings. The summed E-state index contributed by atoms with van der Waals surface area (Å²) < 4.78 is 5.39. The van der Waals surface area contributed by atoms with Crippen molar-refractivity contribution >= 4 is 34.8 Å². The van der Waals surface area contributed by atoms with E-state index in [0.717, 1.165) is 19.4 Å². The van der Waals surface area contributed by atoms with E-state index in [0.29, 0.717) is 34.1 Å². The normalized spacial score (nSPS) is 18.3. The van der Waals surface area contributed by atoms with E-state index in [1.54, 1.807) is 25.1 Å². The summed E-state index contributed by atoms with van der Waals surface area (Å²) in [5.41, 5.74) is 0.591. The van der Waals surface area contributed by atoms with Crippen molar-refractivity contribution in [3.63, 3.8) is 0 Å². The lowest BCUT2D eigenvalue weighted by atomic mass is 10.2. The molecule has 0 spiro atoms. The van der Waals surface area contributed by atoms with Gasteiger partial charge in [0, 0.05) is 22.7 Å². The summed E-state index contributed by atoms with van der Waals surface area (Å²) in [5, 5.41) is 11.6. The first-order chi connectivity index (χ1) is 11.0. The molecule has 1 aromatic carbocycles. The number of carbonyl (C=O) groups excluding carboxylic acids is 1. The van der Waals surface area contributed by atoms with Crippen LogP contribution in [-0.4, -0.2) is 33.6 Å². The lowest BCUT2D eigenvalue weighted by Gasteiger charge is -2.22. The predicted molar refractivity (Wildman–Crippen MR) is 87.6 cm³/mol. The molecule has 0 saturated carbocycles. The first kappa shape index (κ1) is 16.2. The fraction of sp³-hybridized carbons (Fsp3) is 0.400. The highest BCUT2D eigenvalue weighted by atomic mass is 35.5. The molecular formula is C15H16Cl2N4O2. The van der Waals surface area contributed by atoms with Crippen molar-refractivity contribution in [1.29, 1.82) is 0 Å². The van der Waals surface area contributed by atoms with Gasteiger partial charge in [0.2, 0.25) is 17.7 Å². The summed E-state index contributed by atoms with van der Waals surface area (Å²) >= 11 is 11.9. The van der Waals surface area contributed by atoms with Crippen LogP contribution in [0.25, 0.3) is 0 Å². The highest BCUT2D eigenvalue weighted by Crippen LogP contribution is 2.25. The predicted octanol–water partition coefficient (Wildman–Crippen LogP) is 3.29. The second-order valence-electron chi connectivity index (χ2n) is 5.49. The minimum absolute atomic E-state index is 0.0860. The van der Waals surface area contributed by atoms with Crippen LogP contribution >= 0.6 is 23.2 Å². The lowest BCUT2D eigenvalue weighted by molar-refractivity contribution is -0.120. The smallest absolute Gasteiger partial charge is 0.241 e. The molecule has 1 amide bonds. The Morgan fingerprint density at radius 3 is 2.74 bits per heavy atom. The number of hydrogen-bond acceptors (Lipinski definition) is 5. The monoisotopic (exact) mass is 354 g/mol. The van der Waals surface area contributed by atoms with Crippen LogP contribution in [0.5, 0.6) is 0 Å². The van der Waals surface area contributed by atoms with Crippen molar-refractivity contribution < 1.29 is 9.21 Å². The standard InChI is InChI=1S/C15H16Cl2N4O2/c1-9-19-20-14(23-9)8-21-4-2-3-13(21)15(22)18-12-6-10(16)5-11(17)7-12/h5-7,13H,2-4,8H2,1H3,(H,18,22). The maximum Gasteiger partial charge on any atom is 0.241 e. The van der Waals surface area contributed by atoms with Gasteiger partial charge in [0.15, 0.2) is 0 Å². The molecule has 1 atom stereocenters. The summed E-state index contributed by atoms with van der Waals surface area (Å²) in [6.07, 6.45) is 1.73. The molecule has 1 fully saturated rings. The van der Waals surface area contributed by atoms with E-state index in [2.05, 4.69) is 15.5 Å². The van der Waals surface area contributed by atoms with E-state index in [4.69, 9.17) is 27.6 Å². The summed E-state index contributed by atoms with van der Waals surface area (Å²) in [6, 6.07) is 4.73. The molecule has 23 heavy (non-hydrogen) atoms. The quantitative estimate of drug-likeness (QED) is 0.911. The number of nitrogens with zero attached hydrogens (tertiary/aromatic N) is 3. The van der Waals surface area contributed by atoms with Gasteiger partial charge in [-0.15, -0.1) is 10.2 Å². The number of aryl methyl sites for hydroxylation is 1. The lowest BCUT2D eigenvalue weighted by Crippen LogP contribution is -2.39.